The molecule has 0 saturated heterocycles. The second-order valence-corrected chi connectivity index (χ2v) is 11.2. The summed E-state index contributed by atoms with van der Waals surface area (Å²) in [6.07, 6.45) is 6.00. The standard InChI is InChI=1S/C11H11NO2.2C9H6N2S.C3H9N/c1-2-7-12-10(13)8-5-3-4-6-9(8)11(12)14;2*1-2-4-8-7(3-1)10-9-11(8)5-6-12-9;1-2-3-4/h3-6H,2,7H2,1H3;2*1-6H;2-4H2,1H3. The Morgan fingerprint density at radius 2 is 1.10 bits per heavy atom. The van der Waals surface area contributed by atoms with E-state index in [2.05, 4.69) is 61.0 Å². The molecule has 10 heteroatoms. The van der Waals surface area contributed by atoms with Crippen molar-refractivity contribution in [3.8, 4) is 0 Å². The van der Waals surface area contributed by atoms with Gasteiger partial charge in [-0.05, 0) is 55.8 Å². The summed E-state index contributed by atoms with van der Waals surface area (Å²) in [6.45, 7) is 5.33. The molecule has 5 heterocycles. The smallest absolute Gasteiger partial charge is 0.261 e. The Balaban J connectivity index is 0.000000119. The first-order valence-electron chi connectivity index (χ1n) is 13.8. The number of aromatic nitrogens is 4. The molecule has 1 aliphatic heterocycles. The first-order valence-corrected chi connectivity index (χ1v) is 15.6. The van der Waals surface area contributed by atoms with Crippen LogP contribution in [-0.4, -0.2) is 48.6 Å². The summed E-state index contributed by atoms with van der Waals surface area (Å²) in [7, 11) is 0. The van der Waals surface area contributed by atoms with Gasteiger partial charge >= 0.3 is 0 Å². The van der Waals surface area contributed by atoms with E-state index in [4.69, 9.17) is 5.73 Å². The quantitative estimate of drug-likeness (QED) is 0.219. The van der Waals surface area contributed by atoms with Gasteiger partial charge in [-0.2, -0.15) is 0 Å². The van der Waals surface area contributed by atoms with Crippen molar-refractivity contribution < 1.29 is 9.59 Å². The highest BCUT2D eigenvalue weighted by Gasteiger charge is 2.34. The third-order valence-corrected chi connectivity index (χ3v) is 8.02. The van der Waals surface area contributed by atoms with Crippen molar-refractivity contribution >= 4 is 66.5 Å². The van der Waals surface area contributed by atoms with E-state index in [1.165, 1.54) is 15.9 Å². The number of rotatable bonds is 3. The fraction of sp³-hybridized carbons (Fsp3) is 0.188. The van der Waals surface area contributed by atoms with Crippen molar-refractivity contribution in [2.45, 2.75) is 26.7 Å². The molecule has 3 aromatic carbocycles. The molecule has 8 rings (SSSR count). The van der Waals surface area contributed by atoms with E-state index in [1.807, 2.05) is 43.3 Å². The zero-order valence-corrected chi connectivity index (χ0v) is 25.1. The molecule has 42 heavy (non-hydrogen) atoms. The fourth-order valence-corrected chi connectivity index (χ4v) is 5.93. The molecule has 0 bridgehead atoms. The molecule has 1 aliphatic rings. The number of carbonyl (C=O) groups excluding carboxylic acids is 2. The minimum Gasteiger partial charge on any atom is -0.330 e. The van der Waals surface area contributed by atoms with Gasteiger partial charge in [0.05, 0.1) is 33.2 Å². The lowest BCUT2D eigenvalue weighted by Crippen LogP contribution is -2.30. The Morgan fingerprint density at radius 1 is 0.667 bits per heavy atom. The number of nitrogens with zero attached hydrogens (tertiary/aromatic N) is 5. The maximum absolute atomic E-state index is 11.7. The molecule has 2 N–H and O–H groups in total. The summed E-state index contributed by atoms with van der Waals surface area (Å²) in [4.78, 5) is 35.8. The Morgan fingerprint density at radius 3 is 1.52 bits per heavy atom. The molecule has 0 spiro atoms. The van der Waals surface area contributed by atoms with E-state index in [-0.39, 0.29) is 11.8 Å². The summed E-state index contributed by atoms with van der Waals surface area (Å²) in [5.41, 5.74) is 10.6. The molecule has 0 fully saturated rings. The van der Waals surface area contributed by atoms with Crippen LogP contribution in [0, 0.1) is 0 Å². The zero-order chi connectivity index (χ0) is 29.5. The second-order valence-electron chi connectivity index (χ2n) is 9.41. The number of para-hydroxylation sites is 4. The Bertz CT molecular complexity index is 1810. The van der Waals surface area contributed by atoms with Crippen molar-refractivity contribution in [1.29, 1.82) is 0 Å². The van der Waals surface area contributed by atoms with Crippen LogP contribution in [-0.2, 0) is 0 Å². The number of benzene rings is 3. The predicted octanol–water partition coefficient (Wildman–Crippen LogP) is 7.15. The number of imidazole rings is 2. The normalized spacial score (nSPS) is 12.1. The van der Waals surface area contributed by atoms with E-state index in [0.29, 0.717) is 17.7 Å². The molecular formula is C32H32N6O2S2. The SMILES string of the molecule is CCCN.CCCN1C(=O)c2ccccc2C1=O.c1ccc2c(c1)nc1sccn12.c1ccc2c(c1)nc1sccn12. The van der Waals surface area contributed by atoms with Gasteiger partial charge in [-0.3, -0.25) is 23.3 Å². The third kappa shape index (κ3) is 5.96. The lowest BCUT2D eigenvalue weighted by atomic mass is 10.1. The number of nitrogens with two attached hydrogens (primary N) is 1. The van der Waals surface area contributed by atoms with E-state index in [0.717, 1.165) is 40.3 Å². The molecule has 0 unspecified atom stereocenters. The first-order chi connectivity index (χ1) is 20.6. The molecule has 0 atom stereocenters. The van der Waals surface area contributed by atoms with Crippen molar-refractivity contribution in [3.05, 3.63) is 107 Å². The first kappa shape index (κ1) is 29.1. The van der Waals surface area contributed by atoms with Crippen molar-refractivity contribution in [1.82, 2.24) is 23.7 Å². The van der Waals surface area contributed by atoms with Crippen LogP contribution in [0.5, 0.6) is 0 Å². The number of amides is 2. The molecule has 0 aliphatic carbocycles. The van der Waals surface area contributed by atoms with Crippen LogP contribution >= 0.6 is 22.7 Å². The molecule has 4 aromatic heterocycles. The Hall–Kier alpha value is -4.38. The van der Waals surface area contributed by atoms with Crippen LogP contribution in [0.25, 0.3) is 32.0 Å². The largest absolute Gasteiger partial charge is 0.330 e. The highest BCUT2D eigenvalue weighted by Crippen LogP contribution is 2.22. The van der Waals surface area contributed by atoms with Gasteiger partial charge in [-0.1, -0.05) is 50.2 Å². The van der Waals surface area contributed by atoms with Gasteiger partial charge in [0, 0.05) is 29.7 Å². The lowest BCUT2D eigenvalue weighted by Gasteiger charge is -2.11. The summed E-state index contributed by atoms with van der Waals surface area (Å²) < 4.78 is 4.22. The predicted molar refractivity (Wildman–Crippen MR) is 173 cm³/mol. The summed E-state index contributed by atoms with van der Waals surface area (Å²) >= 11 is 3.33. The van der Waals surface area contributed by atoms with Gasteiger partial charge in [0.1, 0.15) is 0 Å². The number of fused-ring (bicyclic) bond motifs is 7. The van der Waals surface area contributed by atoms with Gasteiger partial charge in [-0.25, -0.2) is 9.97 Å². The summed E-state index contributed by atoms with van der Waals surface area (Å²) in [5, 5.41) is 4.10. The van der Waals surface area contributed by atoms with Crippen molar-refractivity contribution in [2.75, 3.05) is 13.1 Å². The van der Waals surface area contributed by atoms with Crippen LogP contribution in [0.4, 0.5) is 0 Å². The minimum absolute atomic E-state index is 0.160. The van der Waals surface area contributed by atoms with E-state index in [9.17, 15) is 9.59 Å². The van der Waals surface area contributed by atoms with Gasteiger partial charge in [0.25, 0.3) is 11.8 Å². The molecular weight excluding hydrogens is 565 g/mol. The maximum atomic E-state index is 11.7. The van der Waals surface area contributed by atoms with Crippen molar-refractivity contribution in [2.24, 2.45) is 5.73 Å². The zero-order valence-electron chi connectivity index (χ0n) is 23.5. The molecule has 8 nitrogen and oxygen atoms in total. The number of thiazole rings is 2. The molecule has 214 valence electrons. The van der Waals surface area contributed by atoms with Crippen LogP contribution in [0.2, 0.25) is 0 Å². The number of hydrogen-bond donors (Lipinski definition) is 1. The fourth-order valence-electron chi connectivity index (χ4n) is 4.47. The second kappa shape index (κ2) is 13.5. The van der Waals surface area contributed by atoms with Gasteiger partial charge in [0.15, 0.2) is 9.92 Å². The van der Waals surface area contributed by atoms with Gasteiger partial charge in [0.2, 0.25) is 0 Å². The summed E-state index contributed by atoms with van der Waals surface area (Å²) in [5.74, 6) is -0.320. The van der Waals surface area contributed by atoms with E-state index < -0.39 is 0 Å². The van der Waals surface area contributed by atoms with Crippen molar-refractivity contribution in [3.63, 3.8) is 0 Å². The molecule has 2 amide bonds. The average molecular weight is 597 g/mol. The van der Waals surface area contributed by atoms with Crippen LogP contribution in [0.1, 0.15) is 47.4 Å². The number of imide groups is 1. The minimum atomic E-state index is -0.160. The van der Waals surface area contributed by atoms with Crippen LogP contribution in [0.15, 0.2) is 96.0 Å². The lowest BCUT2D eigenvalue weighted by molar-refractivity contribution is 0.0654. The number of carbonyl (C=O) groups is 2. The van der Waals surface area contributed by atoms with Crippen LogP contribution in [0.3, 0.4) is 0 Å². The Labute approximate surface area is 251 Å². The highest BCUT2D eigenvalue weighted by molar-refractivity contribution is 7.15. The number of hydrogen-bond acceptors (Lipinski definition) is 7. The monoisotopic (exact) mass is 596 g/mol. The maximum Gasteiger partial charge on any atom is 0.261 e. The highest BCUT2D eigenvalue weighted by atomic mass is 32.1. The third-order valence-electron chi connectivity index (χ3n) is 6.51. The van der Waals surface area contributed by atoms with Gasteiger partial charge < -0.3 is 5.73 Å². The Kier molecular flexibility index (Phi) is 9.38. The van der Waals surface area contributed by atoms with E-state index in [1.54, 1.807) is 46.9 Å². The molecule has 7 aromatic rings. The molecule has 0 saturated carbocycles. The van der Waals surface area contributed by atoms with E-state index >= 15 is 0 Å². The van der Waals surface area contributed by atoms with Crippen LogP contribution < -0.4 is 5.73 Å². The van der Waals surface area contributed by atoms with Gasteiger partial charge in [-0.15, -0.1) is 22.7 Å². The molecule has 0 radical (unpaired) electrons. The average Bonchev–Trinajstić information content (AvgIpc) is 3.84. The summed E-state index contributed by atoms with van der Waals surface area (Å²) in [6, 6.07) is 23.3. The topological polar surface area (TPSA) is 98.0 Å².